The first-order valence-corrected chi connectivity index (χ1v) is 8.49. The van der Waals surface area contributed by atoms with E-state index in [1.54, 1.807) is 0 Å². The van der Waals surface area contributed by atoms with Gasteiger partial charge in [-0.25, -0.2) is 8.42 Å². The molecule has 0 heterocycles. The standard InChI is InChI=1S/C13H15ClF3NO2S/c14-7-8-18(11-4-2-5-11)21(19,20)12-6-1-3-10(9-12)13(15,16)17/h1,3,6,9,11H,2,4-5,7-8H2. The Bertz CT molecular complexity index is 600. The summed E-state index contributed by atoms with van der Waals surface area (Å²) < 4.78 is 64.4. The number of benzene rings is 1. The number of nitrogens with zero attached hydrogens (tertiary/aromatic N) is 1. The minimum atomic E-state index is -4.57. The fourth-order valence-corrected chi connectivity index (χ4v) is 4.24. The molecule has 0 spiro atoms. The van der Waals surface area contributed by atoms with Crippen molar-refractivity contribution < 1.29 is 21.6 Å². The van der Waals surface area contributed by atoms with E-state index in [2.05, 4.69) is 0 Å². The van der Waals surface area contributed by atoms with Crippen LogP contribution in [0.25, 0.3) is 0 Å². The van der Waals surface area contributed by atoms with E-state index in [1.165, 1.54) is 10.4 Å². The molecule has 2 rings (SSSR count). The number of alkyl halides is 4. The Kier molecular flexibility index (Phi) is 4.85. The second kappa shape index (κ2) is 6.14. The molecule has 0 unspecified atom stereocenters. The third-order valence-corrected chi connectivity index (χ3v) is 5.67. The molecule has 1 fully saturated rings. The van der Waals surface area contributed by atoms with Gasteiger partial charge in [0.2, 0.25) is 10.0 Å². The van der Waals surface area contributed by atoms with Crippen molar-refractivity contribution >= 4 is 21.6 Å². The van der Waals surface area contributed by atoms with Gasteiger partial charge in [0.05, 0.1) is 10.5 Å². The molecular formula is C13H15ClF3NO2S. The van der Waals surface area contributed by atoms with E-state index in [1.807, 2.05) is 0 Å². The number of hydrogen-bond acceptors (Lipinski definition) is 2. The SMILES string of the molecule is O=S(=O)(c1cccc(C(F)(F)F)c1)N(CCCl)C1CCC1. The van der Waals surface area contributed by atoms with Gasteiger partial charge < -0.3 is 0 Å². The maximum Gasteiger partial charge on any atom is 0.416 e. The van der Waals surface area contributed by atoms with Gasteiger partial charge >= 0.3 is 6.18 Å². The molecule has 0 saturated heterocycles. The largest absolute Gasteiger partial charge is 0.416 e. The van der Waals surface area contributed by atoms with E-state index < -0.39 is 21.8 Å². The topological polar surface area (TPSA) is 37.4 Å². The van der Waals surface area contributed by atoms with Crippen molar-refractivity contribution in [2.45, 2.75) is 36.4 Å². The summed E-state index contributed by atoms with van der Waals surface area (Å²) in [4.78, 5) is -0.339. The summed E-state index contributed by atoms with van der Waals surface area (Å²) in [5.41, 5.74) is -0.969. The van der Waals surface area contributed by atoms with Crippen LogP contribution in [0.15, 0.2) is 29.2 Å². The zero-order valence-electron chi connectivity index (χ0n) is 11.1. The van der Waals surface area contributed by atoms with Crippen LogP contribution in [0.5, 0.6) is 0 Å². The van der Waals surface area contributed by atoms with Gasteiger partial charge in [-0.1, -0.05) is 12.5 Å². The van der Waals surface area contributed by atoms with E-state index in [9.17, 15) is 21.6 Å². The molecular weight excluding hydrogens is 327 g/mol. The van der Waals surface area contributed by atoms with Crippen molar-refractivity contribution in [1.82, 2.24) is 4.31 Å². The lowest BCUT2D eigenvalue weighted by atomic mass is 9.93. The molecule has 0 aliphatic heterocycles. The quantitative estimate of drug-likeness (QED) is 0.769. The highest BCUT2D eigenvalue weighted by atomic mass is 35.5. The van der Waals surface area contributed by atoms with Gasteiger partial charge in [-0.05, 0) is 31.0 Å². The molecule has 1 saturated carbocycles. The summed E-state index contributed by atoms with van der Waals surface area (Å²) in [6.45, 7) is 0.102. The average molecular weight is 342 g/mol. The smallest absolute Gasteiger partial charge is 0.207 e. The van der Waals surface area contributed by atoms with Crippen LogP contribution in [0.4, 0.5) is 13.2 Å². The number of halogens is 4. The highest BCUT2D eigenvalue weighted by Crippen LogP contribution is 2.33. The molecule has 0 atom stereocenters. The summed E-state index contributed by atoms with van der Waals surface area (Å²) in [6.07, 6.45) is -2.22. The van der Waals surface area contributed by atoms with Crippen LogP contribution < -0.4 is 0 Å². The first kappa shape index (κ1) is 16.6. The molecule has 1 aromatic carbocycles. The molecule has 1 aromatic rings. The zero-order valence-corrected chi connectivity index (χ0v) is 12.7. The highest BCUT2D eigenvalue weighted by molar-refractivity contribution is 7.89. The molecule has 0 bridgehead atoms. The fourth-order valence-electron chi connectivity index (χ4n) is 2.23. The molecule has 0 amide bonds. The predicted molar refractivity (Wildman–Crippen MR) is 73.7 cm³/mol. The summed E-state index contributed by atoms with van der Waals surface area (Å²) in [6, 6.07) is 3.66. The van der Waals surface area contributed by atoms with Crippen LogP contribution in [-0.2, 0) is 16.2 Å². The Morgan fingerprint density at radius 2 is 1.95 bits per heavy atom. The zero-order chi connectivity index (χ0) is 15.7. The number of rotatable bonds is 5. The molecule has 21 heavy (non-hydrogen) atoms. The van der Waals surface area contributed by atoms with Crippen molar-refractivity contribution in [2.75, 3.05) is 12.4 Å². The Morgan fingerprint density at radius 1 is 1.29 bits per heavy atom. The third-order valence-electron chi connectivity index (χ3n) is 3.55. The van der Waals surface area contributed by atoms with Gasteiger partial charge in [-0.2, -0.15) is 17.5 Å². The highest BCUT2D eigenvalue weighted by Gasteiger charge is 2.36. The maximum atomic E-state index is 12.7. The van der Waals surface area contributed by atoms with Crippen LogP contribution >= 0.6 is 11.6 Å². The van der Waals surface area contributed by atoms with Crippen LogP contribution in [-0.4, -0.2) is 31.2 Å². The Morgan fingerprint density at radius 3 is 2.43 bits per heavy atom. The van der Waals surface area contributed by atoms with Crippen molar-refractivity contribution in [1.29, 1.82) is 0 Å². The third kappa shape index (κ3) is 3.52. The number of hydrogen-bond donors (Lipinski definition) is 0. The molecule has 0 radical (unpaired) electrons. The minimum Gasteiger partial charge on any atom is -0.207 e. The van der Waals surface area contributed by atoms with Crippen LogP contribution in [0, 0.1) is 0 Å². The summed E-state index contributed by atoms with van der Waals surface area (Å²) >= 11 is 5.63. The Balaban J connectivity index is 2.37. The lowest BCUT2D eigenvalue weighted by Crippen LogP contribution is -2.45. The second-order valence-electron chi connectivity index (χ2n) is 4.92. The summed E-state index contributed by atoms with van der Waals surface area (Å²) in [7, 11) is -3.96. The molecule has 3 nitrogen and oxygen atoms in total. The van der Waals surface area contributed by atoms with E-state index in [0.29, 0.717) is 6.07 Å². The van der Waals surface area contributed by atoms with Gasteiger partial charge in [-0.15, -0.1) is 11.6 Å². The van der Waals surface area contributed by atoms with E-state index in [4.69, 9.17) is 11.6 Å². The summed E-state index contributed by atoms with van der Waals surface area (Å²) in [5, 5.41) is 0. The second-order valence-corrected chi connectivity index (χ2v) is 7.18. The Labute approximate surface area is 126 Å². The molecule has 8 heteroatoms. The maximum absolute atomic E-state index is 12.7. The number of sulfonamides is 1. The minimum absolute atomic E-state index is 0.102. The molecule has 0 N–H and O–H groups in total. The molecule has 1 aliphatic carbocycles. The van der Waals surface area contributed by atoms with Crippen molar-refractivity contribution in [3.63, 3.8) is 0 Å². The monoisotopic (exact) mass is 341 g/mol. The first-order chi connectivity index (χ1) is 9.76. The van der Waals surface area contributed by atoms with Crippen LogP contribution in [0.3, 0.4) is 0 Å². The van der Waals surface area contributed by atoms with Crippen LogP contribution in [0.1, 0.15) is 24.8 Å². The van der Waals surface area contributed by atoms with Gasteiger partial charge in [-0.3, -0.25) is 0 Å². The van der Waals surface area contributed by atoms with Crippen molar-refractivity contribution in [3.05, 3.63) is 29.8 Å². The first-order valence-electron chi connectivity index (χ1n) is 6.52. The normalized spacial score (nSPS) is 17.0. The predicted octanol–water partition coefficient (Wildman–Crippen LogP) is 3.49. The Hall–Kier alpha value is -0.790. The van der Waals surface area contributed by atoms with E-state index in [0.717, 1.165) is 31.4 Å². The van der Waals surface area contributed by atoms with Crippen LogP contribution in [0.2, 0.25) is 0 Å². The molecule has 0 aromatic heterocycles. The van der Waals surface area contributed by atoms with Gasteiger partial charge in [0.15, 0.2) is 0 Å². The molecule has 1 aliphatic rings. The van der Waals surface area contributed by atoms with Gasteiger partial charge in [0.25, 0.3) is 0 Å². The lowest BCUT2D eigenvalue weighted by Gasteiger charge is -2.36. The summed E-state index contributed by atoms with van der Waals surface area (Å²) in [5.74, 6) is 0.106. The van der Waals surface area contributed by atoms with Gasteiger partial charge in [0, 0.05) is 18.5 Å². The van der Waals surface area contributed by atoms with Gasteiger partial charge in [0.1, 0.15) is 0 Å². The fraction of sp³-hybridized carbons (Fsp3) is 0.538. The average Bonchev–Trinajstić information content (AvgIpc) is 2.35. The van der Waals surface area contributed by atoms with E-state index >= 15 is 0 Å². The lowest BCUT2D eigenvalue weighted by molar-refractivity contribution is -0.137. The van der Waals surface area contributed by atoms with Crippen molar-refractivity contribution in [3.8, 4) is 0 Å². The van der Waals surface area contributed by atoms with Crippen molar-refractivity contribution in [2.24, 2.45) is 0 Å². The van der Waals surface area contributed by atoms with E-state index in [-0.39, 0.29) is 23.4 Å². The molecule has 118 valence electrons.